The number of amides is 2. The second kappa shape index (κ2) is 8.61. The number of hydrogen-bond donors (Lipinski definition) is 0. The predicted octanol–water partition coefficient (Wildman–Crippen LogP) is 3.73. The molecule has 5 nitrogen and oxygen atoms in total. The minimum absolute atomic E-state index is 0.0427. The first-order valence-corrected chi connectivity index (χ1v) is 10.3. The standard InChI is InChI=1S/C19H24BrClN2O3/c1-13(26-17-5-4-15(21)12-16(17)20)18(24)23-10-6-14(7-11-23)19(25)22-8-2-3-9-22/h4-5,12-14H,2-3,6-11H2,1H3. The number of nitrogens with zero attached hydrogens (tertiary/aromatic N) is 2. The Morgan fingerprint density at radius 1 is 1.15 bits per heavy atom. The monoisotopic (exact) mass is 442 g/mol. The summed E-state index contributed by atoms with van der Waals surface area (Å²) in [6, 6.07) is 5.22. The van der Waals surface area contributed by atoms with E-state index in [1.165, 1.54) is 0 Å². The molecule has 1 aromatic rings. The molecule has 0 radical (unpaired) electrons. The fourth-order valence-corrected chi connectivity index (χ4v) is 4.39. The fraction of sp³-hybridized carbons (Fsp3) is 0.579. The van der Waals surface area contributed by atoms with E-state index >= 15 is 0 Å². The van der Waals surface area contributed by atoms with E-state index in [0.29, 0.717) is 23.9 Å². The van der Waals surface area contributed by atoms with E-state index in [9.17, 15) is 9.59 Å². The summed E-state index contributed by atoms with van der Waals surface area (Å²) < 4.78 is 6.52. The molecule has 26 heavy (non-hydrogen) atoms. The third kappa shape index (κ3) is 4.52. The zero-order valence-corrected chi connectivity index (χ0v) is 17.3. The van der Waals surface area contributed by atoms with Crippen LogP contribution in [0, 0.1) is 5.92 Å². The number of benzene rings is 1. The highest BCUT2D eigenvalue weighted by molar-refractivity contribution is 9.10. The maximum absolute atomic E-state index is 12.7. The summed E-state index contributed by atoms with van der Waals surface area (Å²) in [5, 5.41) is 0.605. The van der Waals surface area contributed by atoms with E-state index in [1.807, 2.05) is 9.80 Å². The molecule has 7 heteroatoms. The molecule has 0 N–H and O–H groups in total. The smallest absolute Gasteiger partial charge is 0.263 e. The van der Waals surface area contributed by atoms with Crippen LogP contribution >= 0.6 is 27.5 Å². The minimum atomic E-state index is -0.585. The van der Waals surface area contributed by atoms with Gasteiger partial charge in [-0.15, -0.1) is 0 Å². The van der Waals surface area contributed by atoms with Crippen LogP contribution in [0.1, 0.15) is 32.6 Å². The lowest BCUT2D eigenvalue weighted by atomic mass is 9.95. The SMILES string of the molecule is CC(Oc1ccc(Cl)cc1Br)C(=O)N1CCC(C(=O)N2CCCC2)CC1. The molecule has 2 amide bonds. The summed E-state index contributed by atoms with van der Waals surface area (Å²) in [6.45, 7) is 4.75. The maximum Gasteiger partial charge on any atom is 0.263 e. The van der Waals surface area contributed by atoms with Crippen molar-refractivity contribution < 1.29 is 14.3 Å². The summed E-state index contributed by atoms with van der Waals surface area (Å²) >= 11 is 9.33. The van der Waals surface area contributed by atoms with Crippen LogP contribution in [0.5, 0.6) is 5.75 Å². The lowest BCUT2D eigenvalue weighted by Gasteiger charge is -2.34. The lowest BCUT2D eigenvalue weighted by molar-refractivity contribution is -0.143. The Hall–Kier alpha value is -1.27. The second-order valence-corrected chi connectivity index (χ2v) is 8.26. The van der Waals surface area contributed by atoms with Gasteiger partial charge in [-0.1, -0.05) is 11.6 Å². The van der Waals surface area contributed by atoms with Gasteiger partial charge >= 0.3 is 0 Å². The summed E-state index contributed by atoms with van der Waals surface area (Å²) in [5.41, 5.74) is 0. The van der Waals surface area contributed by atoms with E-state index in [4.69, 9.17) is 16.3 Å². The van der Waals surface area contributed by atoms with E-state index in [-0.39, 0.29) is 17.7 Å². The molecule has 142 valence electrons. The van der Waals surface area contributed by atoms with Crippen molar-refractivity contribution in [3.8, 4) is 5.75 Å². The van der Waals surface area contributed by atoms with Crippen molar-refractivity contribution in [3.63, 3.8) is 0 Å². The average molecular weight is 444 g/mol. The van der Waals surface area contributed by atoms with Gasteiger partial charge in [0, 0.05) is 37.1 Å². The Morgan fingerprint density at radius 2 is 1.81 bits per heavy atom. The average Bonchev–Trinajstić information content (AvgIpc) is 3.17. The Kier molecular flexibility index (Phi) is 6.46. The van der Waals surface area contributed by atoms with Gasteiger partial charge in [0.25, 0.3) is 5.91 Å². The van der Waals surface area contributed by atoms with Gasteiger partial charge in [-0.25, -0.2) is 0 Å². The maximum atomic E-state index is 12.7. The Bertz CT molecular complexity index is 671. The van der Waals surface area contributed by atoms with Crippen molar-refractivity contribution >= 4 is 39.3 Å². The van der Waals surface area contributed by atoms with Gasteiger partial charge in [0.2, 0.25) is 5.91 Å². The number of carbonyl (C=O) groups is 2. The van der Waals surface area contributed by atoms with Crippen molar-refractivity contribution in [1.82, 2.24) is 9.80 Å². The van der Waals surface area contributed by atoms with E-state index in [2.05, 4.69) is 15.9 Å². The largest absolute Gasteiger partial charge is 0.480 e. The lowest BCUT2D eigenvalue weighted by Crippen LogP contribution is -2.47. The van der Waals surface area contributed by atoms with Crippen molar-refractivity contribution in [2.24, 2.45) is 5.92 Å². The number of hydrogen-bond acceptors (Lipinski definition) is 3. The third-order valence-corrected chi connectivity index (χ3v) is 5.97. The molecule has 0 saturated carbocycles. The zero-order valence-electron chi connectivity index (χ0n) is 14.9. The molecule has 2 aliphatic rings. The van der Waals surface area contributed by atoms with Gasteiger partial charge in [-0.3, -0.25) is 9.59 Å². The molecule has 0 bridgehead atoms. The first-order valence-electron chi connectivity index (χ1n) is 9.15. The molecule has 2 heterocycles. The normalized spacial score (nSPS) is 19.5. The fourth-order valence-electron chi connectivity index (χ4n) is 3.61. The van der Waals surface area contributed by atoms with Gasteiger partial charge in [-0.2, -0.15) is 0 Å². The van der Waals surface area contributed by atoms with Crippen molar-refractivity contribution in [3.05, 3.63) is 27.7 Å². The Balaban J connectivity index is 1.51. The number of likely N-dealkylation sites (tertiary alicyclic amines) is 2. The van der Waals surface area contributed by atoms with Crippen LogP contribution < -0.4 is 4.74 Å². The van der Waals surface area contributed by atoms with Gasteiger partial charge in [-0.05, 0) is 66.7 Å². The molecule has 3 rings (SSSR count). The van der Waals surface area contributed by atoms with Crippen LogP contribution in [0.25, 0.3) is 0 Å². The zero-order chi connectivity index (χ0) is 18.7. The molecule has 0 aromatic heterocycles. The van der Waals surface area contributed by atoms with Crippen molar-refractivity contribution in [1.29, 1.82) is 0 Å². The van der Waals surface area contributed by atoms with Crippen LogP contribution in [0.2, 0.25) is 5.02 Å². The predicted molar refractivity (Wildman–Crippen MR) is 104 cm³/mol. The van der Waals surface area contributed by atoms with E-state index in [1.54, 1.807) is 25.1 Å². The first kappa shape index (κ1) is 19.5. The third-order valence-electron chi connectivity index (χ3n) is 5.12. The number of carbonyl (C=O) groups excluding carboxylic acids is 2. The topological polar surface area (TPSA) is 49.9 Å². The molecule has 2 aliphatic heterocycles. The molecule has 1 unspecified atom stereocenters. The van der Waals surface area contributed by atoms with Crippen LogP contribution in [0.3, 0.4) is 0 Å². The Morgan fingerprint density at radius 3 is 2.42 bits per heavy atom. The quantitative estimate of drug-likeness (QED) is 0.712. The number of rotatable bonds is 4. The van der Waals surface area contributed by atoms with Crippen LogP contribution in [-0.4, -0.2) is 53.9 Å². The highest BCUT2D eigenvalue weighted by atomic mass is 79.9. The van der Waals surface area contributed by atoms with Gasteiger partial charge in [0.1, 0.15) is 5.75 Å². The minimum Gasteiger partial charge on any atom is -0.480 e. The molecule has 2 fully saturated rings. The molecule has 0 aliphatic carbocycles. The number of halogens is 2. The van der Waals surface area contributed by atoms with Gasteiger partial charge < -0.3 is 14.5 Å². The molecule has 2 saturated heterocycles. The van der Waals surface area contributed by atoms with Gasteiger partial charge in [0.05, 0.1) is 4.47 Å². The van der Waals surface area contributed by atoms with Crippen molar-refractivity contribution in [2.45, 2.75) is 38.7 Å². The summed E-state index contributed by atoms with van der Waals surface area (Å²) in [6.07, 6.45) is 3.10. The highest BCUT2D eigenvalue weighted by Crippen LogP contribution is 2.29. The summed E-state index contributed by atoms with van der Waals surface area (Å²) in [7, 11) is 0. The van der Waals surface area contributed by atoms with Crippen LogP contribution in [0.4, 0.5) is 0 Å². The van der Waals surface area contributed by atoms with Crippen LogP contribution in [0.15, 0.2) is 22.7 Å². The molecule has 1 aromatic carbocycles. The molecule has 1 atom stereocenters. The summed E-state index contributed by atoms with van der Waals surface area (Å²) in [5.74, 6) is 0.871. The highest BCUT2D eigenvalue weighted by Gasteiger charge is 2.32. The van der Waals surface area contributed by atoms with Crippen LogP contribution in [-0.2, 0) is 9.59 Å². The number of piperidine rings is 1. The number of ether oxygens (including phenoxy) is 1. The van der Waals surface area contributed by atoms with Gasteiger partial charge in [0.15, 0.2) is 6.10 Å². The molecular formula is C19H24BrClN2O3. The van der Waals surface area contributed by atoms with E-state index in [0.717, 1.165) is 43.2 Å². The molecular weight excluding hydrogens is 420 g/mol. The Labute approximate surface area is 167 Å². The summed E-state index contributed by atoms with van der Waals surface area (Å²) in [4.78, 5) is 29.0. The van der Waals surface area contributed by atoms with Crippen molar-refractivity contribution in [2.75, 3.05) is 26.2 Å². The second-order valence-electron chi connectivity index (χ2n) is 6.97. The van der Waals surface area contributed by atoms with E-state index < -0.39 is 6.10 Å². The first-order chi connectivity index (χ1) is 12.5. The molecule has 0 spiro atoms.